The minimum Gasteiger partial charge on any atom is -0.480 e. The summed E-state index contributed by atoms with van der Waals surface area (Å²) in [4.78, 5) is 29.4. The number of nitrogens with zero attached hydrogens (tertiary/aromatic N) is 2. The van der Waals surface area contributed by atoms with Gasteiger partial charge in [-0.25, -0.2) is 14.6 Å². The molecule has 23 heavy (non-hydrogen) atoms. The maximum Gasteiger partial charge on any atom is 0.326 e. The highest BCUT2D eigenvalue weighted by molar-refractivity contribution is 7.09. The van der Waals surface area contributed by atoms with Crippen molar-refractivity contribution in [3.63, 3.8) is 0 Å². The van der Waals surface area contributed by atoms with Crippen molar-refractivity contribution in [2.75, 3.05) is 7.05 Å². The summed E-state index contributed by atoms with van der Waals surface area (Å²) in [6.07, 6.45) is 4.96. The zero-order valence-electron chi connectivity index (χ0n) is 13.9. The van der Waals surface area contributed by atoms with E-state index >= 15 is 0 Å². The van der Waals surface area contributed by atoms with E-state index in [-0.39, 0.29) is 11.9 Å². The average molecular weight is 339 g/mol. The molecule has 0 aliphatic heterocycles. The van der Waals surface area contributed by atoms with Gasteiger partial charge in [-0.2, -0.15) is 0 Å². The van der Waals surface area contributed by atoms with Gasteiger partial charge in [0.15, 0.2) is 0 Å². The standard InChI is InChI=1S/C16H25N3O3S/c1-10(2)13(15(20)21)18-16(22)19(3)8-12-9-23-14(17-12)11-6-4-5-7-11/h9-11,13H,4-8H2,1-3H3,(H,18,22)(H,20,21)/t13-/m0/s1. The minimum atomic E-state index is -1.01. The van der Waals surface area contributed by atoms with Crippen molar-refractivity contribution < 1.29 is 14.7 Å². The van der Waals surface area contributed by atoms with Crippen molar-refractivity contribution in [2.45, 2.75) is 58.0 Å². The number of carbonyl (C=O) groups excluding carboxylic acids is 1. The second kappa shape index (κ2) is 7.77. The lowest BCUT2D eigenvalue weighted by Crippen LogP contribution is -2.48. The van der Waals surface area contributed by atoms with Crippen molar-refractivity contribution in [3.05, 3.63) is 16.1 Å². The summed E-state index contributed by atoms with van der Waals surface area (Å²) in [5.74, 6) is -0.609. The van der Waals surface area contributed by atoms with Crippen LogP contribution in [0.5, 0.6) is 0 Å². The van der Waals surface area contributed by atoms with Gasteiger partial charge in [-0.05, 0) is 18.8 Å². The van der Waals surface area contributed by atoms with Gasteiger partial charge in [-0.15, -0.1) is 11.3 Å². The average Bonchev–Trinajstić information content (AvgIpc) is 3.14. The van der Waals surface area contributed by atoms with Crippen molar-refractivity contribution in [2.24, 2.45) is 5.92 Å². The van der Waals surface area contributed by atoms with E-state index in [4.69, 9.17) is 5.11 Å². The van der Waals surface area contributed by atoms with E-state index in [9.17, 15) is 9.59 Å². The Kier molecular flexibility index (Phi) is 5.98. The third-order valence-electron chi connectivity index (χ3n) is 4.23. The maximum atomic E-state index is 12.2. The Hall–Kier alpha value is -1.63. The van der Waals surface area contributed by atoms with E-state index in [2.05, 4.69) is 10.3 Å². The number of thiazole rings is 1. The summed E-state index contributed by atoms with van der Waals surface area (Å²) in [6, 6.07) is -1.27. The number of amides is 2. The summed E-state index contributed by atoms with van der Waals surface area (Å²) in [5.41, 5.74) is 0.867. The van der Waals surface area contributed by atoms with Crippen LogP contribution in [0.4, 0.5) is 4.79 Å². The fourth-order valence-electron chi connectivity index (χ4n) is 2.83. The van der Waals surface area contributed by atoms with Crippen LogP contribution < -0.4 is 5.32 Å². The molecule has 1 fully saturated rings. The van der Waals surface area contributed by atoms with Crippen LogP contribution in [0, 0.1) is 5.92 Å². The summed E-state index contributed by atoms with van der Waals surface area (Å²) in [7, 11) is 1.66. The van der Waals surface area contributed by atoms with E-state index in [0.29, 0.717) is 12.5 Å². The topological polar surface area (TPSA) is 82.5 Å². The first-order valence-electron chi connectivity index (χ1n) is 8.07. The fraction of sp³-hybridized carbons (Fsp3) is 0.688. The summed E-state index contributed by atoms with van der Waals surface area (Å²) >= 11 is 1.66. The lowest BCUT2D eigenvalue weighted by Gasteiger charge is -2.22. The molecule has 1 atom stereocenters. The number of nitrogens with one attached hydrogen (secondary N) is 1. The Bertz CT molecular complexity index is 553. The maximum absolute atomic E-state index is 12.2. The van der Waals surface area contributed by atoms with E-state index in [0.717, 1.165) is 10.7 Å². The lowest BCUT2D eigenvalue weighted by molar-refractivity contribution is -0.140. The van der Waals surface area contributed by atoms with Gasteiger partial charge in [0.2, 0.25) is 0 Å². The van der Waals surface area contributed by atoms with Crippen LogP contribution in [0.1, 0.15) is 56.2 Å². The van der Waals surface area contributed by atoms with Gasteiger partial charge in [0.25, 0.3) is 0 Å². The van der Waals surface area contributed by atoms with E-state index in [1.54, 1.807) is 32.2 Å². The minimum absolute atomic E-state index is 0.168. The highest BCUT2D eigenvalue weighted by atomic mass is 32.1. The number of carboxylic acids is 1. The van der Waals surface area contributed by atoms with E-state index in [1.807, 2.05) is 5.38 Å². The van der Waals surface area contributed by atoms with Gasteiger partial charge in [0.05, 0.1) is 17.2 Å². The first-order valence-corrected chi connectivity index (χ1v) is 8.95. The van der Waals surface area contributed by atoms with Crippen molar-refractivity contribution >= 4 is 23.3 Å². The molecule has 0 spiro atoms. The number of rotatable bonds is 6. The van der Waals surface area contributed by atoms with Crippen LogP contribution in [0.15, 0.2) is 5.38 Å². The molecule has 1 heterocycles. The largest absolute Gasteiger partial charge is 0.480 e. The Balaban J connectivity index is 1.91. The molecule has 1 aromatic rings. The molecule has 0 bridgehead atoms. The quantitative estimate of drug-likeness (QED) is 0.834. The fourth-order valence-corrected chi connectivity index (χ4v) is 3.81. The molecule has 2 rings (SSSR count). The Labute approximate surface area is 140 Å². The molecule has 0 unspecified atom stereocenters. The molecule has 0 saturated heterocycles. The van der Waals surface area contributed by atoms with Crippen LogP contribution in [0.2, 0.25) is 0 Å². The van der Waals surface area contributed by atoms with Crippen molar-refractivity contribution in [1.82, 2.24) is 15.2 Å². The number of hydrogen-bond acceptors (Lipinski definition) is 4. The molecule has 128 valence electrons. The molecule has 1 aromatic heterocycles. The van der Waals surface area contributed by atoms with Gasteiger partial charge in [0, 0.05) is 18.3 Å². The highest BCUT2D eigenvalue weighted by Gasteiger charge is 2.25. The summed E-state index contributed by atoms with van der Waals surface area (Å²) in [6.45, 7) is 3.93. The Morgan fingerprint density at radius 2 is 2.09 bits per heavy atom. The Morgan fingerprint density at radius 1 is 1.43 bits per heavy atom. The zero-order valence-corrected chi connectivity index (χ0v) is 14.7. The molecule has 7 heteroatoms. The number of urea groups is 1. The molecule has 1 saturated carbocycles. The molecule has 6 nitrogen and oxygen atoms in total. The third-order valence-corrected chi connectivity index (χ3v) is 5.29. The molecule has 2 amide bonds. The van der Waals surface area contributed by atoms with Gasteiger partial charge in [0.1, 0.15) is 6.04 Å². The van der Waals surface area contributed by atoms with Crippen LogP contribution in [-0.2, 0) is 11.3 Å². The molecule has 0 aromatic carbocycles. The smallest absolute Gasteiger partial charge is 0.326 e. The number of aliphatic carboxylic acids is 1. The van der Waals surface area contributed by atoms with Crippen LogP contribution in [-0.4, -0.2) is 40.1 Å². The molecule has 1 aliphatic rings. The third kappa shape index (κ3) is 4.67. The van der Waals surface area contributed by atoms with Crippen LogP contribution in [0.3, 0.4) is 0 Å². The second-order valence-electron chi connectivity index (χ2n) is 6.52. The zero-order chi connectivity index (χ0) is 17.0. The second-order valence-corrected chi connectivity index (χ2v) is 7.41. The first-order chi connectivity index (χ1) is 10.9. The predicted molar refractivity (Wildman–Crippen MR) is 89.6 cm³/mol. The van der Waals surface area contributed by atoms with E-state index < -0.39 is 12.0 Å². The van der Waals surface area contributed by atoms with Crippen molar-refractivity contribution in [1.29, 1.82) is 0 Å². The monoisotopic (exact) mass is 339 g/mol. The predicted octanol–water partition coefficient (Wildman–Crippen LogP) is 3.05. The number of aromatic nitrogens is 1. The van der Waals surface area contributed by atoms with Crippen LogP contribution >= 0.6 is 11.3 Å². The summed E-state index contributed by atoms with van der Waals surface area (Å²) in [5, 5.41) is 14.9. The SMILES string of the molecule is CC(C)[C@H](NC(=O)N(C)Cc1csc(C2CCCC2)n1)C(=O)O. The Morgan fingerprint density at radius 3 is 2.65 bits per heavy atom. The lowest BCUT2D eigenvalue weighted by atomic mass is 10.1. The molecule has 0 radical (unpaired) electrons. The van der Waals surface area contributed by atoms with Gasteiger partial charge in [-0.1, -0.05) is 26.7 Å². The molecule has 2 N–H and O–H groups in total. The highest BCUT2D eigenvalue weighted by Crippen LogP contribution is 2.35. The molecular formula is C16H25N3O3S. The van der Waals surface area contributed by atoms with Crippen molar-refractivity contribution in [3.8, 4) is 0 Å². The normalized spacial score (nSPS) is 16.5. The first kappa shape index (κ1) is 17.7. The van der Waals surface area contributed by atoms with Gasteiger partial charge < -0.3 is 15.3 Å². The van der Waals surface area contributed by atoms with Crippen LogP contribution in [0.25, 0.3) is 0 Å². The van der Waals surface area contributed by atoms with E-state index in [1.165, 1.54) is 30.6 Å². The molecule has 1 aliphatic carbocycles. The number of hydrogen-bond donors (Lipinski definition) is 2. The van der Waals surface area contributed by atoms with Gasteiger partial charge >= 0.3 is 12.0 Å². The molecular weight excluding hydrogens is 314 g/mol. The summed E-state index contributed by atoms with van der Waals surface area (Å²) < 4.78 is 0. The number of carbonyl (C=O) groups is 2. The van der Waals surface area contributed by atoms with Gasteiger partial charge in [-0.3, -0.25) is 0 Å². The number of carboxylic acid groups (broad SMARTS) is 1.